The molecule has 2 aromatic rings. The molecule has 1 N–H and O–H groups in total. The third-order valence-corrected chi connectivity index (χ3v) is 5.24. The zero-order valence-electron chi connectivity index (χ0n) is 12.2. The molecule has 3 heterocycles. The lowest BCUT2D eigenvalue weighted by molar-refractivity contribution is 0.177. The number of rotatable bonds is 1. The van der Waals surface area contributed by atoms with Crippen LogP contribution in [0.15, 0.2) is 30.7 Å². The Morgan fingerprint density at radius 2 is 2.13 bits per heavy atom. The van der Waals surface area contributed by atoms with E-state index in [1.807, 2.05) is 11.1 Å². The molecular weight excluding hydrogens is 335 g/mol. The number of amides is 2. The molecule has 2 amide bonds. The Labute approximate surface area is 143 Å². The van der Waals surface area contributed by atoms with Crippen molar-refractivity contribution < 1.29 is 4.79 Å². The second kappa shape index (κ2) is 5.65. The highest BCUT2D eigenvalue weighted by Gasteiger charge is 2.43. The van der Waals surface area contributed by atoms with Gasteiger partial charge in [-0.15, -0.1) is 0 Å². The Morgan fingerprint density at radius 1 is 1.26 bits per heavy atom. The molecule has 4 rings (SSSR count). The maximum atomic E-state index is 12.7. The Balaban J connectivity index is 1.59. The molecule has 2 aliphatic heterocycles. The summed E-state index contributed by atoms with van der Waals surface area (Å²) < 4.78 is 0. The number of hydrogen-bond donors (Lipinski definition) is 1. The minimum absolute atomic E-state index is 0.0227. The van der Waals surface area contributed by atoms with Crippen LogP contribution in [-0.4, -0.2) is 26.9 Å². The van der Waals surface area contributed by atoms with Gasteiger partial charge < -0.3 is 10.2 Å². The molecule has 0 aliphatic carbocycles. The third-order valence-electron chi connectivity index (χ3n) is 4.50. The normalized spacial score (nSPS) is 21.9. The van der Waals surface area contributed by atoms with Crippen molar-refractivity contribution in [2.45, 2.75) is 31.3 Å². The molecule has 1 saturated heterocycles. The molecule has 1 aromatic carbocycles. The lowest BCUT2D eigenvalue weighted by Crippen LogP contribution is -2.44. The average molecular weight is 349 g/mol. The van der Waals surface area contributed by atoms with Crippen molar-refractivity contribution in [2.75, 3.05) is 5.32 Å². The number of nitrogens with zero attached hydrogens (tertiary/aromatic N) is 3. The lowest BCUT2D eigenvalue weighted by Gasteiger charge is -2.35. The van der Waals surface area contributed by atoms with Gasteiger partial charge in [0.1, 0.15) is 6.33 Å². The average Bonchev–Trinajstić information content (AvgIpc) is 2.86. The van der Waals surface area contributed by atoms with Gasteiger partial charge in [0.2, 0.25) is 0 Å². The molecule has 2 unspecified atom stereocenters. The van der Waals surface area contributed by atoms with Gasteiger partial charge in [-0.25, -0.2) is 14.8 Å². The Hall–Kier alpha value is -1.85. The van der Waals surface area contributed by atoms with Gasteiger partial charge >= 0.3 is 6.03 Å². The molecule has 0 radical (unpaired) electrons. The molecule has 118 valence electrons. The van der Waals surface area contributed by atoms with E-state index in [1.165, 1.54) is 0 Å². The highest BCUT2D eigenvalue weighted by Crippen LogP contribution is 2.42. The summed E-state index contributed by atoms with van der Waals surface area (Å²) in [4.78, 5) is 23.1. The molecule has 2 aliphatic rings. The van der Waals surface area contributed by atoms with Crippen LogP contribution in [0, 0.1) is 0 Å². The van der Waals surface area contributed by atoms with Gasteiger partial charge in [0.15, 0.2) is 0 Å². The number of hydrogen-bond acceptors (Lipinski definition) is 3. The maximum absolute atomic E-state index is 12.7. The lowest BCUT2D eigenvalue weighted by atomic mass is 10.00. The van der Waals surface area contributed by atoms with Gasteiger partial charge in [-0.3, -0.25) is 0 Å². The summed E-state index contributed by atoms with van der Waals surface area (Å²) in [5.41, 5.74) is 2.76. The fraction of sp³-hybridized carbons (Fsp3) is 0.312. The monoisotopic (exact) mass is 348 g/mol. The second-order valence-electron chi connectivity index (χ2n) is 5.85. The molecule has 1 fully saturated rings. The molecule has 7 heteroatoms. The van der Waals surface area contributed by atoms with Crippen molar-refractivity contribution in [3.8, 4) is 0 Å². The van der Waals surface area contributed by atoms with Gasteiger partial charge in [0.05, 0.1) is 21.8 Å². The van der Waals surface area contributed by atoms with Crippen LogP contribution in [0.25, 0.3) is 0 Å². The van der Waals surface area contributed by atoms with Crippen molar-refractivity contribution in [2.24, 2.45) is 0 Å². The summed E-state index contributed by atoms with van der Waals surface area (Å²) >= 11 is 11.9. The zero-order valence-corrected chi connectivity index (χ0v) is 13.7. The molecule has 0 saturated carbocycles. The van der Waals surface area contributed by atoms with Crippen LogP contribution in [-0.2, 0) is 6.42 Å². The first-order valence-electron chi connectivity index (χ1n) is 7.46. The van der Waals surface area contributed by atoms with Crippen LogP contribution >= 0.6 is 23.2 Å². The number of halogens is 2. The predicted octanol–water partition coefficient (Wildman–Crippen LogP) is 4.08. The highest BCUT2D eigenvalue weighted by atomic mass is 35.5. The fourth-order valence-electron chi connectivity index (χ4n) is 3.50. The number of nitrogens with one attached hydrogen (secondary N) is 1. The Kier molecular flexibility index (Phi) is 3.62. The molecule has 23 heavy (non-hydrogen) atoms. The van der Waals surface area contributed by atoms with Crippen molar-refractivity contribution in [1.82, 2.24) is 14.9 Å². The molecule has 2 atom stereocenters. The summed E-state index contributed by atoms with van der Waals surface area (Å²) in [7, 11) is 0. The van der Waals surface area contributed by atoms with Gasteiger partial charge in [-0.05, 0) is 43.0 Å². The first-order valence-corrected chi connectivity index (χ1v) is 8.22. The number of anilines is 1. The molecule has 5 nitrogen and oxygen atoms in total. The summed E-state index contributed by atoms with van der Waals surface area (Å²) in [6.45, 7) is 0. The fourth-order valence-corrected chi connectivity index (χ4v) is 3.80. The predicted molar refractivity (Wildman–Crippen MR) is 88.8 cm³/mol. The number of aromatic nitrogens is 2. The van der Waals surface area contributed by atoms with Gasteiger partial charge in [0, 0.05) is 17.9 Å². The topological polar surface area (TPSA) is 58.1 Å². The SMILES string of the molecule is O=C(Nc1ccc(Cl)c(Cl)c1)N1C2CCC1c1ncncc1C2. The minimum atomic E-state index is -0.125. The van der Waals surface area contributed by atoms with E-state index in [1.54, 1.807) is 24.5 Å². The van der Waals surface area contributed by atoms with E-state index in [4.69, 9.17) is 23.2 Å². The van der Waals surface area contributed by atoms with Crippen LogP contribution in [0.5, 0.6) is 0 Å². The quantitative estimate of drug-likeness (QED) is 0.844. The van der Waals surface area contributed by atoms with Gasteiger partial charge in [-0.2, -0.15) is 0 Å². The van der Waals surface area contributed by atoms with E-state index in [2.05, 4.69) is 15.3 Å². The van der Waals surface area contributed by atoms with Crippen molar-refractivity contribution in [1.29, 1.82) is 0 Å². The van der Waals surface area contributed by atoms with Crippen LogP contribution < -0.4 is 5.32 Å². The van der Waals surface area contributed by atoms with E-state index in [-0.39, 0.29) is 18.1 Å². The largest absolute Gasteiger partial charge is 0.322 e. The van der Waals surface area contributed by atoms with Crippen molar-refractivity contribution >= 4 is 34.9 Å². The van der Waals surface area contributed by atoms with Gasteiger partial charge in [-0.1, -0.05) is 23.2 Å². The Morgan fingerprint density at radius 3 is 2.96 bits per heavy atom. The first kappa shape index (κ1) is 14.7. The number of carbonyl (C=O) groups excluding carboxylic acids is 1. The number of carbonyl (C=O) groups is 1. The van der Waals surface area contributed by atoms with Crippen molar-refractivity contribution in [3.63, 3.8) is 0 Å². The first-order chi connectivity index (χ1) is 11.1. The highest BCUT2D eigenvalue weighted by molar-refractivity contribution is 6.42. The zero-order chi connectivity index (χ0) is 16.0. The minimum Gasteiger partial charge on any atom is -0.313 e. The van der Waals surface area contributed by atoms with Crippen LogP contribution in [0.4, 0.5) is 10.5 Å². The molecular formula is C16H14Cl2N4O. The molecule has 0 spiro atoms. The Bertz CT molecular complexity index is 782. The van der Waals surface area contributed by atoms with Crippen LogP contribution in [0.3, 0.4) is 0 Å². The van der Waals surface area contributed by atoms with E-state index in [0.29, 0.717) is 15.7 Å². The maximum Gasteiger partial charge on any atom is 0.322 e. The van der Waals surface area contributed by atoms with E-state index >= 15 is 0 Å². The molecule has 2 bridgehead atoms. The van der Waals surface area contributed by atoms with Crippen molar-refractivity contribution in [3.05, 3.63) is 52.0 Å². The molecule has 1 aromatic heterocycles. The summed E-state index contributed by atoms with van der Waals surface area (Å²) in [6.07, 6.45) is 6.13. The van der Waals surface area contributed by atoms with E-state index in [9.17, 15) is 4.79 Å². The van der Waals surface area contributed by atoms with Gasteiger partial charge in [0.25, 0.3) is 0 Å². The third kappa shape index (κ3) is 2.54. The van der Waals surface area contributed by atoms with Crippen LogP contribution in [0.2, 0.25) is 10.0 Å². The number of benzene rings is 1. The summed E-state index contributed by atoms with van der Waals surface area (Å²) in [5.74, 6) is 0. The second-order valence-corrected chi connectivity index (χ2v) is 6.67. The summed E-state index contributed by atoms with van der Waals surface area (Å²) in [6, 6.07) is 5.17. The number of urea groups is 1. The standard InChI is InChI=1S/C16H14Cl2N4O/c17-12-3-1-10(6-13(12)18)21-16(23)22-11-2-4-14(22)15-9(5-11)7-19-8-20-15/h1,3,6-8,11,14H,2,4-5H2,(H,21,23). The van der Waals surface area contributed by atoms with E-state index in [0.717, 1.165) is 30.5 Å². The van der Waals surface area contributed by atoms with E-state index < -0.39 is 0 Å². The smallest absolute Gasteiger partial charge is 0.313 e. The summed E-state index contributed by atoms with van der Waals surface area (Å²) in [5, 5.41) is 3.80. The van der Waals surface area contributed by atoms with Crippen LogP contribution in [0.1, 0.15) is 30.1 Å². The number of fused-ring (bicyclic) bond motifs is 4.